The number of benzene rings is 2. The predicted molar refractivity (Wildman–Crippen MR) is 62.8 cm³/mol. The fraction of sp³-hybridized carbons (Fsp3) is 0.0714. The molecule has 0 aliphatic rings. The number of hydrogen-bond acceptors (Lipinski definition) is 5. The van der Waals surface area contributed by atoms with Crippen molar-refractivity contribution in [2.45, 2.75) is 0 Å². The predicted octanol–water partition coefficient (Wildman–Crippen LogP) is -1.83. The molecule has 0 N–H and O–H groups in total. The summed E-state index contributed by atoms with van der Waals surface area (Å²) in [6.45, 7) is 0. The van der Waals surface area contributed by atoms with Gasteiger partial charge in [-0.2, -0.15) is 0 Å². The maximum Gasteiger partial charge on any atom is 0.262 e. The Kier molecular flexibility index (Phi) is 4.56. The molecule has 0 saturated heterocycles. The van der Waals surface area contributed by atoms with Gasteiger partial charge in [-0.25, -0.2) is 23.2 Å². The second-order valence-corrected chi connectivity index (χ2v) is 4.93. The van der Waals surface area contributed by atoms with Crippen molar-refractivity contribution >= 4 is 10.9 Å². The van der Waals surface area contributed by atoms with Gasteiger partial charge in [-0.15, -0.1) is 10.2 Å². The van der Waals surface area contributed by atoms with Crippen LogP contribution < -0.4 is 23.4 Å². The molecule has 21 heavy (non-hydrogen) atoms. The number of hydrogen-bond donors (Lipinski definition) is 0. The third-order valence-electron chi connectivity index (χ3n) is 2.75. The van der Waals surface area contributed by atoms with Gasteiger partial charge in [-0.05, 0) is 10.8 Å². The molecule has 0 atom stereocenters. The zero-order chi connectivity index (χ0) is 15.5. The third-order valence-corrected chi connectivity index (χ3v) is 2.75. The first-order valence-corrected chi connectivity index (χ1v) is 7.15. The molecule has 7 heteroatoms. The molecule has 1 aromatic heterocycles. The normalized spacial score (nSPS) is 11.1. The van der Waals surface area contributed by atoms with Crippen molar-refractivity contribution in [1.82, 2.24) is 0 Å². The lowest BCUT2D eigenvalue weighted by Gasteiger charge is -2.17. The van der Waals surface area contributed by atoms with Crippen LogP contribution in [0.25, 0.3) is 22.2 Å². The molecule has 110 valence electrons. The Labute approximate surface area is 122 Å². The number of fused-ring (bicyclic) bond motifs is 1. The highest BCUT2D eigenvalue weighted by Crippen LogP contribution is 2.26. The van der Waals surface area contributed by atoms with Gasteiger partial charge in [0.2, 0.25) is 5.76 Å². The maximum absolute atomic E-state index is 8.49. The van der Waals surface area contributed by atoms with Crippen LogP contribution in [-0.4, -0.2) is 0 Å². The summed E-state index contributed by atoms with van der Waals surface area (Å²) in [5.74, 6) is 0.929. The number of nitrogens with zero attached hydrogens (tertiary/aromatic N) is 1. The van der Waals surface area contributed by atoms with E-state index in [0.29, 0.717) is 0 Å². The van der Waals surface area contributed by atoms with E-state index in [4.69, 9.17) is 23.2 Å². The second kappa shape index (κ2) is 6.21. The molecule has 0 fully saturated rings. The lowest BCUT2D eigenvalue weighted by molar-refractivity contribution is -2.00. The van der Waals surface area contributed by atoms with Crippen LogP contribution in [0.15, 0.2) is 59.1 Å². The Morgan fingerprint density at radius 1 is 0.857 bits per heavy atom. The SMILES string of the molecule is C[n+]1oc(-c2ccccc2)c2ccccc21.[O-][Cl+3]([O-])([O-])[O-]. The maximum atomic E-state index is 8.49. The minimum Gasteiger partial charge on any atom is -0.235 e. The summed E-state index contributed by atoms with van der Waals surface area (Å²) >= 11 is 0. The minimum absolute atomic E-state index is 0.929. The van der Waals surface area contributed by atoms with E-state index in [2.05, 4.69) is 24.3 Å². The van der Waals surface area contributed by atoms with Crippen LogP contribution in [0.2, 0.25) is 0 Å². The van der Waals surface area contributed by atoms with Gasteiger partial charge >= 0.3 is 0 Å². The Morgan fingerprint density at radius 2 is 1.38 bits per heavy atom. The van der Waals surface area contributed by atoms with Crippen molar-refractivity contribution in [3.05, 3.63) is 54.6 Å². The highest BCUT2D eigenvalue weighted by atomic mass is 35.7. The molecule has 3 aromatic rings. The number of aromatic nitrogens is 1. The van der Waals surface area contributed by atoms with E-state index in [0.717, 1.165) is 22.2 Å². The zero-order valence-electron chi connectivity index (χ0n) is 11.1. The van der Waals surface area contributed by atoms with Crippen molar-refractivity contribution in [1.29, 1.82) is 0 Å². The first-order chi connectivity index (χ1) is 9.86. The average molecular weight is 310 g/mol. The first kappa shape index (κ1) is 15.4. The Balaban J connectivity index is 0.000000282. The van der Waals surface area contributed by atoms with Crippen molar-refractivity contribution in [2.75, 3.05) is 0 Å². The summed E-state index contributed by atoms with van der Waals surface area (Å²) < 4.78 is 41.5. The summed E-state index contributed by atoms with van der Waals surface area (Å²) in [5.41, 5.74) is 2.22. The number of rotatable bonds is 1. The molecule has 1 heterocycles. The van der Waals surface area contributed by atoms with Gasteiger partial charge in [0, 0.05) is 11.6 Å². The van der Waals surface area contributed by atoms with Gasteiger partial charge in [0.15, 0.2) is 7.05 Å². The largest absolute Gasteiger partial charge is 0.262 e. The Morgan fingerprint density at radius 3 is 2.00 bits per heavy atom. The minimum atomic E-state index is -4.94. The summed E-state index contributed by atoms with van der Waals surface area (Å²) in [5, 5.41) is 1.15. The first-order valence-electron chi connectivity index (χ1n) is 5.91. The average Bonchev–Trinajstić information content (AvgIpc) is 2.76. The monoisotopic (exact) mass is 309 g/mol. The smallest absolute Gasteiger partial charge is 0.235 e. The van der Waals surface area contributed by atoms with E-state index < -0.39 is 10.2 Å². The second-order valence-electron chi connectivity index (χ2n) is 4.18. The fourth-order valence-corrected chi connectivity index (χ4v) is 1.97. The van der Waals surface area contributed by atoms with Crippen molar-refractivity contribution in [3.8, 4) is 11.3 Å². The fourth-order valence-electron chi connectivity index (χ4n) is 1.97. The number of halogens is 1. The van der Waals surface area contributed by atoms with Gasteiger partial charge in [0.1, 0.15) is 5.39 Å². The molecule has 0 aliphatic carbocycles. The molecule has 0 unspecified atom stereocenters. The van der Waals surface area contributed by atoms with E-state index in [1.54, 1.807) is 4.74 Å². The van der Waals surface area contributed by atoms with E-state index in [1.807, 2.05) is 37.4 Å². The van der Waals surface area contributed by atoms with Crippen LogP contribution in [0.3, 0.4) is 0 Å². The van der Waals surface area contributed by atoms with E-state index in [-0.39, 0.29) is 0 Å². The summed E-state index contributed by atoms with van der Waals surface area (Å²) in [4.78, 5) is 0. The molecular formula is C14H12ClNO5. The van der Waals surface area contributed by atoms with E-state index >= 15 is 0 Å². The van der Waals surface area contributed by atoms with Gasteiger partial charge in [0.25, 0.3) is 5.52 Å². The van der Waals surface area contributed by atoms with Gasteiger partial charge in [-0.1, -0.05) is 42.5 Å². The molecule has 0 saturated carbocycles. The highest BCUT2D eigenvalue weighted by molar-refractivity contribution is 5.89. The van der Waals surface area contributed by atoms with Crippen LogP contribution in [-0.2, 0) is 7.05 Å². The van der Waals surface area contributed by atoms with Crippen molar-refractivity contribution in [3.63, 3.8) is 0 Å². The molecule has 0 amide bonds. The summed E-state index contributed by atoms with van der Waals surface area (Å²) in [7, 11) is -3.02. The van der Waals surface area contributed by atoms with Gasteiger partial charge in [-0.3, -0.25) is 0 Å². The van der Waals surface area contributed by atoms with Gasteiger partial charge in [0.05, 0.1) is 0 Å². The van der Waals surface area contributed by atoms with Crippen LogP contribution in [0.1, 0.15) is 0 Å². The number of aryl methyl sites for hydroxylation is 1. The Hall–Kier alpha value is -1.96. The van der Waals surface area contributed by atoms with Crippen LogP contribution in [0.5, 0.6) is 0 Å². The summed E-state index contributed by atoms with van der Waals surface area (Å²) in [6.07, 6.45) is 0. The zero-order valence-corrected chi connectivity index (χ0v) is 11.8. The topological polar surface area (TPSA) is 109 Å². The molecule has 2 aromatic carbocycles. The molecule has 0 radical (unpaired) electrons. The van der Waals surface area contributed by atoms with Crippen LogP contribution in [0, 0.1) is 10.2 Å². The van der Waals surface area contributed by atoms with E-state index in [9.17, 15) is 0 Å². The van der Waals surface area contributed by atoms with E-state index in [1.165, 1.54) is 0 Å². The quantitative estimate of drug-likeness (QED) is 0.491. The number of para-hydroxylation sites is 1. The molecule has 0 aliphatic heterocycles. The van der Waals surface area contributed by atoms with Gasteiger partial charge < -0.3 is 0 Å². The molecule has 0 bridgehead atoms. The van der Waals surface area contributed by atoms with Crippen molar-refractivity contribution in [2.24, 2.45) is 7.05 Å². The lowest BCUT2D eigenvalue weighted by atomic mass is 10.1. The molecular weight excluding hydrogens is 298 g/mol. The van der Waals surface area contributed by atoms with Crippen LogP contribution in [0.4, 0.5) is 0 Å². The summed E-state index contributed by atoms with van der Waals surface area (Å²) in [6, 6.07) is 18.4. The Bertz CT molecular complexity index is 715. The lowest BCUT2D eigenvalue weighted by Crippen LogP contribution is -2.68. The molecule has 0 spiro atoms. The van der Waals surface area contributed by atoms with Crippen molar-refractivity contribution < 1.29 is 38.1 Å². The third kappa shape index (κ3) is 4.25. The van der Waals surface area contributed by atoms with Crippen LogP contribution >= 0.6 is 0 Å². The standard InChI is InChI=1S/C14H12NO.ClHO4/c1-15-13-10-6-5-9-12(13)14(16-15)11-7-3-2-4-8-11;2-1(3,4)5/h2-10H,1H3;(H,2,3,4,5)/q+1;/p-1. The molecule has 6 nitrogen and oxygen atoms in total. The highest BCUT2D eigenvalue weighted by Gasteiger charge is 2.17. The molecule has 3 rings (SSSR count).